The summed E-state index contributed by atoms with van der Waals surface area (Å²) in [6, 6.07) is 19.5. The van der Waals surface area contributed by atoms with Gasteiger partial charge in [-0.1, -0.05) is 43.0 Å². The van der Waals surface area contributed by atoms with E-state index >= 15 is 0 Å². The molecule has 3 aromatic rings. The fourth-order valence-corrected chi connectivity index (χ4v) is 3.18. The Balaban J connectivity index is 2.03. The fourth-order valence-electron chi connectivity index (χ4n) is 3.18. The molecule has 5 heteroatoms. The van der Waals surface area contributed by atoms with E-state index in [0.29, 0.717) is 11.7 Å². The SMILES string of the molecule is C=C/C=C\C(=N)N(c1ccc(N(/C(C)=C/C=C\C)c2ccccn2)cc1)c1ccccn1. The van der Waals surface area contributed by atoms with Crippen LogP contribution in [0.25, 0.3) is 0 Å². The average molecular weight is 422 g/mol. The third kappa shape index (κ3) is 5.46. The Morgan fingerprint density at radius 1 is 0.844 bits per heavy atom. The van der Waals surface area contributed by atoms with Gasteiger partial charge in [0.15, 0.2) is 0 Å². The van der Waals surface area contributed by atoms with Gasteiger partial charge in [-0.15, -0.1) is 0 Å². The molecule has 2 heterocycles. The van der Waals surface area contributed by atoms with Crippen LogP contribution in [0.4, 0.5) is 23.0 Å². The van der Waals surface area contributed by atoms with Crippen LogP contribution in [0.1, 0.15) is 13.8 Å². The molecule has 0 spiro atoms. The van der Waals surface area contributed by atoms with Crippen molar-refractivity contribution in [2.24, 2.45) is 0 Å². The van der Waals surface area contributed by atoms with E-state index in [9.17, 15) is 0 Å². The number of anilines is 4. The molecule has 1 aromatic carbocycles. The molecule has 5 nitrogen and oxygen atoms in total. The van der Waals surface area contributed by atoms with E-state index in [1.807, 2.05) is 79.7 Å². The first-order valence-corrected chi connectivity index (χ1v) is 10.4. The molecule has 1 N–H and O–H groups in total. The average Bonchev–Trinajstić information content (AvgIpc) is 2.84. The molecule has 0 amide bonds. The Hall–Kier alpha value is -4.25. The van der Waals surface area contributed by atoms with E-state index in [0.717, 1.165) is 22.9 Å². The predicted molar refractivity (Wildman–Crippen MR) is 135 cm³/mol. The molecule has 0 fully saturated rings. The number of pyridine rings is 2. The molecule has 0 saturated heterocycles. The fraction of sp³-hybridized carbons (Fsp3) is 0.0741. The highest BCUT2D eigenvalue weighted by atomic mass is 15.2. The summed E-state index contributed by atoms with van der Waals surface area (Å²) in [5.74, 6) is 1.80. The summed E-state index contributed by atoms with van der Waals surface area (Å²) < 4.78 is 0. The molecule has 0 atom stereocenters. The first kappa shape index (κ1) is 22.4. The predicted octanol–water partition coefficient (Wildman–Crippen LogP) is 6.95. The monoisotopic (exact) mass is 421 g/mol. The third-order valence-electron chi connectivity index (χ3n) is 4.64. The Morgan fingerprint density at radius 2 is 1.41 bits per heavy atom. The van der Waals surface area contributed by atoms with Gasteiger partial charge in [-0.05, 0) is 74.5 Å². The quantitative estimate of drug-likeness (QED) is 0.243. The maximum atomic E-state index is 8.56. The van der Waals surface area contributed by atoms with Crippen molar-refractivity contribution in [3.05, 3.63) is 122 Å². The smallest absolute Gasteiger partial charge is 0.138 e. The van der Waals surface area contributed by atoms with E-state index in [-0.39, 0.29) is 0 Å². The van der Waals surface area contributed by atoms with Crippen molar-refractivity contribution in [2.45, 2.75) is 13.8 Å². The standard InChI is InChI=1S/C27H27N5/c1-4-6-12-22(3)31(26-14-8-10-20-29-26)23-16-18-24(19-17-23)32(25(28)13-7-5-2)27-15-9-11-21-30-27/h4-21,28H,2H2,1,3H3/b6-4-,13-7-,22-12+,28-25?. The summed E-state index contributed by atoms with van der Waals surface area (Å²) in [7, 11) is 0. The molecule has 0 aliphatic heterocycles. The van der Waals surface area contributed by atoms with Gasteiger partial charge >= 0.3 is 0 Å². The molecule has 160 valence electrons. The maximum Gasteiger partial charge on any atom is 0.138 e. The van der Waals surface area contributed by atoms with Crippen LogP contribution in [-0.4, -0.2) is 15.8 Å². The minimum absolute atomic E-state index is 0.294. The van der Waals surface area contributed by atoms with Crippen molar-refractivity contribution in [3.8, 4) is 0 Å². The minimum atomic E-state index is 0.294. The van der Waals surface area contributed by atoms with Gasteiger partial charge in [-0.3, -0.25) is 15.2 Å². The van der Waals surface area contributed by atoms with E-state index in [1.165, 1.54) is 0 Å². The molecule has 3 rings (SSSR count). The van der Waals surface area contributed by atoms with Gasteiger partial charge in [-0.2, -0.15) is 0 Å². The second-order valence-electron chi connectivity index (χ2n) is 6.88. The largest absolute Gasteiger partial charge is 0.299 e. The molecule has 32 heavy (non-hydrogen) atoms. The van der Waals surface area contributed by atoms with Gasteiger partial charge in [0.1, 0.15) is 17.5 Å². The Morgan fingerprint density at radius 3 is 1.91 bits per heavy atom. The lowest BCUT2D eigenvalue weighted by atomic mass is 10.2. The molecule has 0 unspecified atom stereocenters. The van der Waals surface area contributed by atoms with Crippen molar-refractivity contribution in [2.75, 3.05) is 9.80 Å². The summed E-state index contributed by atoms with van der Waals surface area (Å²) in [6.07, 6.45) is 14.7. The Bertz CT molecular complexity index is 1110. The Labute approximate surface area is 189 Å². The number of nitrogens with one attached hydrogen (secondary N) is 1. The lowest BCUT2D eigenvalue weighted by Crippen LogP contribution is -2.24. The van der Waals surface area contributed by atoms with Crippen molar-refractivity contribution in [1.29, 1.82) is 5.41 Å². The van der Waals surface area contributed by atoms with Crippen LogP contribution in [0.15, 0.2) is 122 Å². The lowest BCUT2D eigenvalue weighted by Gasteiger charge is -2.26. The maximum absolute atomic E-state index is 8.56. The molecule has 0 aliphatic rings. The first-order valence-electron chi connectivity index (χ1n) is 10.4. The molecule has 0 aliphatic carbocycles. The zero-order chi connectivity index (χ0) is 22.8. The van der Waals surface area contributed by atoms with Gasteiger partial charge in [0, 0.05) is 29.5 Å². The van der Waals surface area contributed by atoms with Gasteiger partial charge in [0.2, 0.25) is 0 Å². The lowest BCUT2D eigenvalue weighted by molar-refractivity contribution is 1.09. The zero-order valence-electron chi connectivity index (χ0n) is 18.4. The Kier molecular flexibility index (Phi) is 7.87. The highest BCUT2D eigenvalue weighted by molar-refractivity contribution is 6.08. The first-order chi connectivity index (χ1) is 15.7. The summed E-state index contributed by atoms with van der Waals surface area (Å²) in [6.45, 7) is 7.74. The number of benzene rings is 1. The van der Waals surface area contributed by atoms with Crippen molar-refractivity contribution >= 4 is 28.8 Å². The van der Waals surface area contributed by atoms with E-state index in [1.54, 1.807) is 35.5 Å². The molecular formula is C27H27N5. The number of aromatic nitrogens is 2. The highest BCUT2D eigenvalue weighted by Gasteiger charge is 2.16. The summed E-state index contributed by atoms with van der Waals surface area (Å²) >= 11 is 0. The number of nitrogens with zero attached hydrogens (tertiary/aromatic N) is 4. The van der Waals surface area contributed by atoms with Crippen LogP contribution >= 0.6 is 0 Å². The summed E-state index contributed by atoms with van der Waals surface area (Å²) in [4.78, 5) is 12.9. The van der Waals surface area contributed by atoms with Gasteiger partial charge in [0.25, 0.3) is 0 Å². The van der Waals surface area contributed by atoms with Gasteiger partial charge in [0.05, 0.1) is 0 Å². The highest BCUT2D eigenvalue weighted by Crippen LogP contribution is 2.31. The van der Waals surface area contributed by atoms with E-state index in [4.69, 9.17) is 5.41 Å². The second kappa shape index (κ2) is 11.2. The third-order valence-corrected chi connectivity index (χ3v) is 4.64. The van der Waals surface area contributed by atoms with Crippen molar-refractivity contribution < 1.29 is 0 Å². The van der Waals surface area contributed by atoms with Crippen LogP contribution < -0.4 is 9.80 Å². The second-order valence-corrected chi connectivity index (χ2v) is 6.88. The summed E-state index contributed by atoms with van der Waals surface area (Å²) in [5.41, 5.74) is 2.85. The van der Waals surface area contributed by atoms with Crippen LogP contribution in [0.3, 0.4) is 0 Å². The zero-order valence-corrected chi connectivity index (χ0v) is 18.4. The number of hydrogen-bond donors (Lipinski definition) is 1. The molecule has 0 saturated carbocycles. The molecule has 0 radical (unpaired) electrons. The number of amidine groups is 1. The normalized spacial score (nSPS) is 11.6. The van der Waals surface area contributed by atoms with Gasteiger partial charge in [-0.25, -0.2) is 9.97 Å². The number of allylic oxidation sites excluding steroid dienone is 6. The van der Waals surface area contributed by atoms with E-state index < -0.39 is 0 Å². The van der Waals surface area contributed by atoms with Gasteiger partial charge < -0.3 is 0 Å². The van der Waals surface area contributed by atoms with Crippen LogP contribution in [0.2, 0.25) is 0 Å². The molecular weight excluding hydrogens is 394 g/mol. The molecule has 2 aromatic heterocycles. The van der Waals surface area contributed by atoms with Crippen molar-refractivity contribution in [1.82, 2.24) is 9.97 Å². The van der Waals surface area contributed by atoms with Crippen molar-refractivity contribution in [3.63, 3.8) is 0 Å². The van der Waals surface area contributed by atoms with Crippen LogP contribution in [-0.2, 0) is 0 Å². The number of hydrogen-bond acceptors (Lipinski definition) is 4. The van der Waals surface area contributed by atoms with Crippen LogP contribution in [0.5, 0.6) is 0 Å². The van der Waals surface area contributed by atoms with E-state index in [2.05, 4.69) is 34.4 Å². The summed E-state index contributed by atoms with van der Waals surface area (Å²) in [5, 5.41) is 8.56. The minimum Gasteiger partial charge on any atom is -0.299 e. The topological polar surface area (TPSA) is 56.1 Å². The van der Waals surface area contributed by atoms with Crippen LogP contribution in [0, 0.1) is 5.41 Å². The molecule has 0 bridgehead atoms. The number of rotatable bonds is 8.